The normalized spacial score (nSPS) is 14.5. The molecule has 0 amide bonds. The number of fused-ring (bicyclic) bond motifs is 1. The summed E-state index contributed by atoms with van der Waals surface area (Å²) in [6.07, 6.45) is 8.79. The first kappa shape index (κ1) is 16.1. The molecule has 0 spiro atoms. The van der Waals surface area contributed by atoms with Crippen molar-refractivity contribution in [2.24, 2.45) is 0 Å². The maximum absolute atomic E-state index is 12.0. The maximum Gasteiger partial charge on any atom is 0.358 e. The summed E-state index contributed by atoms with van der Waals surface area (Å²) >= 11 is 1.63. The zero-order valence-electron chi connectivity index (χ0n) is 14.2. The van der Waals surface area contributed by atoms with E-state index in [9.17, 15) is 4.79 Å². The van der Waals surface area contributed by atoms with Crippen molar-refractivity contribution >= 4 is 27.8 Å². The van der Waals surface area contributed by atoms with Gasteiger partial charge in [0.2, 0.25) is 0 Å². The van der Waals surface area contributed by atoms with Crippen LogP contribution in [0.4, 0.5) is 0 Å². The van der Waals surface area contributed by atoms with Gasteiger partial charge >= 0.3 is 5.97 Å². The molecular formula is C20H20N2O2S. The molecule has 0 bridgehead atoms. The van der Waals surface area contributed by atoms with Gasteiger partial charge in [-0.1, -0.05) is 47.7 Å². The Bertz CT molecular complexity index is 937. The van der Waals surface area contributed by atoms with E-state index in [0.717, 1.165) is 17.8 Å². The molecule has 0 N–H and O–H groups in total. The van der Waals surface area contributed by atoms with Crippen molar-refractivity contribution in [3.8, 4) is 10.4 Å². The first-order chi connectivity index (χ1) is 12.3. The summed E-state index contributed by atoms with van der Waals surface area (Å²) in [6, 6.07) is 10.4. The predicted octanol–water partition coefficient (Wildman–Crippen LogP) is 5.20. The van der Waals surface area contributed by atoms with E-state index in [1.54, 1.807) is 11.3 Å². The maximum atomic E-state index is 12.0. The van der Waals surface area contributed by atoms with Gasteiger partial charge in [0, 0.05) is 6.20 Å². The number of carbonyl (C=O) groups excluding carboxylic acids is 1. The number of thiazole rings is 1. The minimum atomic E-state index is -0.358. The number of allylic oxidation sites excluding steroid dienone is 2. The standard InChI is InChI=1S/C20H20N2O2S/c1-2-24-19(23)16-13-22-17(14-9-5-3-6-10-14)18(25-20(22)21-16)15-11-7-4-8-12-15/h4,7-9,11-13H,2-3,5-6,10H2,1H3. The van der Waals surface area contributed by atoms with Crippen molar-refractivity contribution in [3.05, 3.63) is 54.0 Å². The average molecular weight is 352 g/mol. The number of imidazole rings is 1. The number of ether oxygens (including phenoxy) is 1. The summed E-state index contributed by atoms with van der Waals surface area (Å²) in [6.45, 7) is 2.17. The second kappa shape index (κ2) is 6.84. The smallest absolute Gasteiger partial charge is 0.358 e. The van der Waals surface area contributed by atoms with Gasteiger partial charge in [-0.3, -0.25) is 4.40 Å². The summed E-state index contributed by atoms with van der Waals surface area (Å²) in [5.74, 6) is -0.358. The van der Waals surface area contributed by atoms with Gasteiger partial charge in [0.15, 0.2) is 10.7 Å². The van der Waals surface area contributed by atoms with Crippen LogP contribution in [0, 0.1) is 0 Å². The van der Waals surface area contributed by atoms with E-state index in [2.05, 4.69) is 39.7 Å². The zero-order chi connectivity index (χ0) is 17.2. The van der Waals surface area contributed by atoms with Gasteiger partial charge < -0.3 is 4.74 Å². The van der Waals surface area contributed by atoms with Gasteiger partial charge in [-0.2, -0.15) is 0 Å². The van der Waals surface area contributed by atoms with E-state index in [1.807, 2.05) is 19.2 Å². The molecule has 0 saturated carbocycles. The minimum Gasteiger partial charge on any atom is -0.461 e. The van der Waals surface area contributed by atoms with E-state index < -0.39 is 0 Å². The Morgan fingerprint density at radius 2 is 2.12 bits per heavy atom. The molecule has 25 heavy (non-hydrogen) atoms. The molecule has 5 heteroatoms. The Morgan fingerprint density at radius 1 is 1.28 bits per heavy atom. The Balaban J connectivity index is 1.89. The van der Waals surface area contributed by atoms with Crippen molar-refractivity contribution in [2.45, 2.75) is 32.6 Å². The number of nitrogens with zero attached hydrogens (tertiary/aromatic N) is 2. The Labute approximate surface area is 150 Å². The van der Waals surface area contributed by atoms with Gasteiger partial charge in [0.05, 0.1) is 17.2 Å². The molecule has 1 aliphatic carbocycles. The fourth-order valence-electron chi connectivity index (χ4n) is 3.29. The quantitative estimate of drug-likeness (QED) is 0.606. The van der Waals surface area contributed by atoms with Crippen LogP contribution in [0.1, 0.15) is 48.8 Å². The van der Waals surface area contributed by atoms with Crippen LogP contribution in [0.5, 0.6) is 0 Å². The van der Waals surface area contributed by atoms with Crippen molar-refractivity contribution in [1.82, 2.24) is 9.38 Å². The van der Waals surface area contributed by atoms with E-state index in [-0.39, 0.29) is 5.97 Å². The molecule has 2 aromatic heterocycles. The summed E-state index contributed by atoms with van der Waals surface area (Å²) < 4.78 is 7.17. The van der Waals surface area contributed by atoms with Crippen LogP contribution in [0.15, 0.2) is 42.6 Å². The SMILES string of the molecule is CCOC(=O)c1cn2c(C3=CCCCC3)c(-c3ccccc3)sc2n1. The lowest BCUT2D eigenvalue weighted by molar-refractivity contribution is 0.0520. The summed E-state index contributed by atoms with van der Waals surface area (Å²) in [7, 11) is 0. The van der Waals surface area contributed by atoms with Crippen LogP contribution in [-0.4, -0.2) is 22.0 Å². The summed E-state index contributed by atoms with van der Waals surface area (Å²) in [5, 5.41) is 0. The molecule has 0 unspecified atom stereocenters. The monoisotopic (exact) mass is 352 g/mol. The molecule has 4 nitrogen and oxygen atoms in total. The lowest BCUT2D eigenvalue weighted by Gasteiger charge is -2.14. The zero-order valence-corrected chi connectivity index (χ0v) is 15.0. The molecule has 2 heterocycles. The highest BCUT2D eigenvalue weighted by atomic mass is 32.1. The van der Waals surface area contributed by atoms with Gasteiger partial charge in [-0.25, -0.2) is 9.78 Å². The van der Waals surface area contributed by atoms with Crippen LogP contribution < -0.4 is 0 Å². The molecule has 0 atom stereocenters. The minimum absolute atomic E-state index is 0.358. The molecule has 4 rings (SSSR count). The van der Waals surface area contributed by atoms with Crippen LogP contribution in [0.25, 0.3) is 21.0 Å². The van der Waals surface area contributed by atoms with Crippen LogP contribution in [-0.2, 0) is 4.74 Å². The average Bonchev–Trinajstić information content (AvgIpc) is 3.21. The van der Waals surface area contributed by atoms with Crippen molar-refractivity contribution < 1.29 is 9.53 Å². The van der Waals surface area contributed by atoms with Crippen LogP contribution in [0.2, 0.25) is 0 Å². The Hall–Kier alpha value is -2.40. The van der Waals surface area contributed by atoms with E-state index in [1.165, 1.54) is 34.5 Å². The number of benzene rings is 1. The highest BCUT2D eigenvalue weighted by molar-refractivity contribution is 7.20. The van der Waals surface area contributed by atoms with E-state index in [4.69, 9.17) is 4.74 Å². The fourth-order valence-corrected chi connectivity index (χ4v) is 4.44. The predicted molar refractivity (Wildman–Crippen MR) is 101 cm³/mol. The molecule has 1 aliphatic rings. The van der Waals surface area contributed by atoms with Crippen LogP contribution >= 0.6 is 11.3 Å². The van der Waals surface area contributed by atoms with Gasteiger partial charge in [0.25, 0.3) is 0 Å². The first-order valence-electron chi connectivity index (χ1n) is 8.71. The third-order valence-corrected chi connectivity index (χ3v) is 5.54. The number of hydrogen-bond acceptors (Lipinski definition) is 4. The van der Waals surface area contributed by atoms with Gasteiger partial charge in [-0.15, -0.1) is 0 Å². The van der Waals surface area contributed by atoms with E-state index in [0.29, 0.717) is 12.3 Å². The molecule has 128 valence electrons. The highest BCUT2D eigenvalue weighted by Crippen LogP contribution is 2.40. The van der Waals surface area contributed by atoms with Crippen molar-refractivity contribution in [2.75, 3.05) is 6.61 Å². The van der Waals surface area contributed by atoms with Crippen LogP contribution in [0.3, 0.4) is 0 Å². The third kappa shape index (κ3) is 3.00. The number of hydrogen-bond donors (Lipinski definition) is 0. The van der Waals surface area contributed by atoms with Crippen molar-refractivity contribution in [1.29, 1.82) is 0 Å². The number of esters is 1. The second-order valence-electron chi connectivity index (χ2n) is 6.12. The fraction of sp³-hybridized carbons (Fsp3) is 0.300. The lowest BCUT2D eigenvalue weighted by Crippen LogP contribution is -2.04. The topological polar surface area (TPSA) is 43.6 Å². The van der Waals surface area contributed by atoms with Gasteiger partial charge in [0.1, 0.15) is 0 Å². The molecule has 0 radical (unpaired) electrons. The molecule has 1 aromatic carbocycles. The number of carbonyl (C=O) groups is 1. The number of rotatable bonds is 4. The molecular weight excluding hydrogens is 332 g/mol. The first-order valence-corrected chi connectivity index (χ1v) is 9.53. The Kier molecular flexibility index (Phi) is 4.40. The largest absolute Gasteiger partial charge is 0.461 e. The molecule has 0 saturated heterocycles. The van der Waals surface area contributed by atoms with Gasteiger partial charge in [-0.05, 0) is 43.7 Å². The second-order valence-corrected chi connectivity index (χ2v) is 7.10. The molecule has 3 aromatic rings. The summed E-state index contributed by atoms with van der Waals surface area (Å²) in [5.41, 5.74) is 4.10. The lowest BCUT2D eigenvalue weighted by atomic mass is 9.95. The highest BCUT2D eigenvalue weighted by Gasteiger charge is 2.22. The number of aromatic nitrogens is 2. The third-order valence-electron chi connectivity index (χ3n) is 4.44. The molecule has 0 aliphatic heterocycles. The summed E-state index contributed by atoms with van der Waals surface area (Å²) in [4.78, 5) is 18.6. The molecule has 0 fully saturated rings. The van der Waals surface area contributed by atoms with E-state index >= 15 is 0 Å². The Morgan fingerprint density at radius 3 is 2.84 bits per heavy atom. The van der Waals surface area contributed by atoms with Crippen molar-refractivity contribution in [3.63, 3.8) is 0 Å².